The zero-order valence-electron chi connectivity index (χ0n) is 14.3. The Kier molecular flexibility index (Phi) is 5.22. The minimum Gasteiger partial charge on any atom is -0.472 e. The highest BCUT2D eigenvalue weighted by molar-refractivity contribution is 7.13. The second kappa shape index (κ2) is 8.11. The first kappa shape index (κ1) is 17.4. The third kappa shape index (κ3) is 4.57. The van der Waals surface area contributed by atoms with Gasteiger partial charge in [-0.3, -0.25) is 15.6 Å². The van der Waals surface area contributed by atoms with E-state index >= 15 is 0 Å². The lowest BCUT2D eigenvalue weighted by molar-refractivity contribution is 0.138. The lowest BCUT2D eigenvalue weighted by Crippen LogP contribution is -2.21. The van der Waals surface area contributed by atoms with Crippen molar-refractivity contribution in [2.24, 2.45) is 0 Å². The van der Waals surface area contributed by atoms with E-state index in [-0.39, 0.29) is 6.10 Å². The Bertz CT molecular complexity index is 912. The number of pyridine rings is 2. The van der Waals surface area contributed by atoms with Gasteiger partial charge in [-0.1, -0.05) is 6.07 Å². The first-order chi connectivity index (χ1) is 13.3. The number of carbonyl (C=O) groups excluding carboxylic acids is 1. The fourth-order valence-electron chi connectivity index (χ4n) is 2.55. The molecule has 8 nitrogen and oxygen atoms in total. The van der Waals surface area contributed by atoms with E-state index in [9.17, 15) is 4.79 Å². The van der Waals surface area contributed by atoms with Crippen LogP contribution < -0.4 is 15.4 Å². The highest BCUT2D eigenvalue weighted by atomic mass is 32.1. The number of aromatic nitrogens is 3. The summed E-state index contributed by atoms with van der Waals surface area (Å²) in [6.45, 7) is 1.25. The van der Waals surface area contributed by atoms with Crippen molar-refractivity contribution in [3.63, 3.8) is 0 Å². The third-order valence-corrected chi connectivity index (χ3v) is 4.70. The molecule has 9 heteroatoms. The number of hydrogen-bond acceptors (Lipinski definition) is 7. The molecule has 3 aromatic rings. The topological polar surface area (TPSA) is 98.3 Å². The Hall–Kier alpha value is -3.04. The van der Waals surface area contributed by atoms with Crippen LogP contribution in [0.2, 0.25) is 0 Å². The van der Waals surface area contributed by atoms with Gasteiger partial charge in [-0.2, -0.15) is 4.98 Å². The van der Waals surface area contributed by atoms with E-state index in [4.69, 9.17) is 9.47 Å². The zero-order valence-corrected chi connectivity index (χ0v) is 15.1. The molecule has 0 radical (unpaired) electrons. The SMILES string of the molecule is O=C(Nc1cccc(O[C@H]2CCOC2)n1)Nc1csc(-c2ccncc2)n1. The van der Waals surface area contributed by atoms with Crippen molar-refractivity contribution in [3.8, 4) is 16.5 Å². The largest absolute Gasteiger partial charge is 0.472 e. The highest BCUT2D eigenvalue weighted by Crippen LogP contribution is 2.25. The molecule has 1 aliphatic heterocycles. The van der Waals surface area contributed by atoms with Crippen molar-refractivity contribution in [3.05, 3.63) is 48.1 Å². The van der Waals surface area contributed by atoms with Crippen molar-refractivity contribution in [2.45, 2.75) is 12.5 Å². The Labute approximate surface area is 159 Å². The van der Waals surface area contributed by atoms with Gasteiger partial charge in [0.2, 0.25) is 5.88 Å². The predicted molar refractivity (Wildman–Crippen MR) is 102 cm³/mol. The molecule has 0 spiro atoms. The van der Waals surface area contributed by atoms with Crippen LogP contribution in [0.1, 0.15) is 6.42 Å². The summed E-state index contributed by atoms with van der Waals surface area (Å²) in [4.78, 5) is 24.9. The van der Waals surface area contributed by atoms with Crippen molar-refractivity contribution < 1.29 is 14.3 Å². The summed E-state index contributed by atoms with van der Waals surface area (Å²) in [5, 5.41) is 7.98. The number of nitrogens with one attached hydrogen (secondary N) is 2. The number of nitrogens with zero attached hydrogens (tertiary/aromatic N) is 3. The molecule has 1 fully saturated rings. The molecule has 0 saturated carbocycles. The zero-order chi connectivity index (χ0) is 18.5. The van der Waals surface area contributed by atoms with Crippen molar-refractivity contribution in [1.82, 2.24) is 15.0 Å². The molecule has 0 unspecified atom stereocenters. The summed E-state index contributed by atoms with van der Waals surface area (Å²) in [6.07, 6.45) is 4.25. The quantitative estimate of drug-likeness (QED) is 0.701. The van der Waals surface area contributed by atoms with Crippen LogP contribution in [0.4, 0.5) is 16.4 Å². The summed E-state index contributed by atoms with van der Waals surface area (Å²) in [7, 11) is 0. The van der Waals surface area contributed by atoms with E-state index in [0.29, 0.717) is 30.7 Å². The van der Waals surface area contributed by atoms with E-state index in [1.807, 2.05) is 12.1 Å². The monoisotopic (exact) mass is 383 g/mol. The van der Waals surface area contributed by atoms with Gasteiger partial charge >= 0.3 is 6.03 Å². The molecule has 3 aromatic heterocycles. The molecule has 0 aromatic carbocycles. The molecular formula is C18H17N5O3S. The van der Waals surface area contributed by atoms with Gasteiger partial charge in [0.1, 0.15) is 22.7 Å². The van der Waals surface area contributed by atoms with Gasteiger partial charge in [0.15, 0.2) is 0 Å². The Morgan fingerprint density at radius 2 is 2.00 bits per heavy atom. The first-order valence-corrected chi connectivity index (χ1v) is 9.29. The number of rotatable bonds is 5. The molecule has 1 saturated heterocycles. The van der Waals surface area contributed by atoms with Gasteiger partial charge in [0.05, 0.1) is 13.2 Å². The Morgan fingerprint density at radius 3 is 2.81 bits per heavy atom. The van der Waals surface area contributed by atoms with Gasteiger partial charge in [-0.05, 0) is 18.2 Å². The predicted octanol–water partition coefficient (Wildman–Crippen LogP) is 3.41. The molecule has 1 aliphatic rings. The molecule has 27 heavy (non-hydrogen) atoms. The maximum absolute atomic E-state index is 12.2. The van der Waals surface area contributed by atoms with Crippen LogP contribution in [0.15, 0.2) is 48.1 Å². The summed E-state index contributed by atoms with van der Waals surface area (Å²) in [5.41, 5.74) is 0.950. The van der Waals surface area contributed by atoms with Gasteiger partial charge in [0.25, 0.3) is 0 Å². The van der Waals surface area contributed by atoms with E-state index in [0.717, 1.165) is 17.0 Å². The summed E-state index contributed by atoms with van der Waals surface area (Å²) < 4.78 is 11.0. The molecule has 0 aliphatic carbocycles. The van der Waals surface area contributed by atoms with Crippen molar-refractivity contribution >= 4 is 29.0 Å². The number of urea groups is 1. The lowest BCUT2D eigenvalue weighted by atomic mass is 10.3. The summed E-state index contributed by atoms with van der Waals surface area (Å²) in [5.74, 6) is 1.32. The fourth-order valence-corrected chi connectivity index (χ4v) is 3.31. The number of hydrogen-bond donors (Lipinski definition) is 2. The van der Waals surface area contributed by atoms with Gasteiger partial charge < -0.3 is 9.47 Å². The number of thiazole rings is 1. The van der Waals surface area contributed by atoms with Gasteiger partial charge in [-0.15, -0.1) is 11.3 Å². The average molecular weight is 383 g/mol. The van der Waals surface area contributed by atoms with Gasteiger partial charge in [0, 0.05) is 35.8 Å². The van der Waals surface area contributed by atoms with E-state index in [1.54, 1.807) is 36.0 Å². The lowest BCUT2D eigenvalue weighted by Gasteiger charge is -2.12. The summed E-state index contributed by atoms with van der Waals surface area (Å²) >= 11 is 1.44. The molecular weight excluding hydrogens is 366 g/mol. The normalized spacial score (nSPS) is 16.1. The van der Waals surface area contributed by atoms with Crippen LogP contribution in [0, 0.1) is 0 Å². The third-order valence-electron chi connectivity index (χ3n) is 3.81. The van der Waals surface area contributed by atoms with Crippen LogP contribution in [-0.2, 0) is 4.74 Å². The first-order valence-electron chi connectivity index (χ1n) is 8.42. The molecule has 138 valence electrons. The van der Waals surface area contributed by atoms with Crippen LogP contribution in [0.5, 0.6) is 5.88 Å². The minimum atomic E-state index is -0.421. The fraction of sp³-hybridized carbons (Fsp3) is 0.222. The van der Waals surface area contributed by atoms with Crippen molar-refractivity contribution in [1.29, 1.82) is 0 Å². The minimum absolute atomic E-state index is 0.00295. The van der Waals surface area contributed by atoms with E-state index < -0.39 is 6.03 Å². The number of amides is 2. The Morgan fingerprint density at radius 1 is 1.15 bits per heavy atom. The number of anilines is 2. The summed E-state index contributed by atoms with van der Waals surface area (Å²) in [6, 6.07) is 8.54. The van der Waals surface area contributed by atoms with Crippen molar-refractivity contribution in [2.75, 3.05) is 23.8 Å². The van der Waals surface area contributed by atoms with E-state index in [1.165, 1.54) is 11.3 Å². The van der Waals surface area contributed by atoms with Crippen LogP contribution in [-0.4, -0.2) is 40.3 Å². The highest BCUT2D eigenvalue weighted by Gasteiger charge is 2.18. The van der Waals surface area contributed by atoms with Crippen LogP contribution in [0.25, 0.3) is 10.6 Å². The Balaban J connectivity index is 1.36. The molecule has 1 atom stereocenters. The molecule has 2 N–H and O–H groups in total. The smallest absolute Gasteiger partial charge is 0.326 e. The maximum atomic E-state index is 12.2. The number of ether oxygens (including phenoxy) is 2. The second-order valence-corrected chi connectivity index (χ2v) is 6.68. The molecule has 4 heterocycles. The van der Waals surface area contributed by atoms with Gasteiger partial charge in [-0.25, -0.2) is 9.78 Å². The molecule has 2 amide bonds. The van der Waals surface area contributed by atoms with Crippen LogP contribution >= 0.6 is 11.3 Å². The number of carbonyl (C=O) groups is 1. The molecule has 4 rings (SSSR count). The van der Waals surface area contributed by atoms with E-state index in [2.05, 4.69) is 25.6 Å². The standard InChI is InChI=1S/C18H17N5O3S/c24-18(23-15-11-27-17(21-15)12-4-7-19-8-5-12)22-14-2-1-3-16(20-14)26-13-6-9-25-10-13/h1-5,7-8,11,13H,6,9-10H2,(H2,20,22,23,24)/t13-/m0/s1. The maximum Gasteiger partial charge on any atom is 0.326 e. The molecule has 0 bridgehead atoms. The second-order valence-electron chi connectivity index (χ2n) is 5.82. The van der Waals surface area contributed by atoms with Crippen LogP contribution in [0.3, 0.4) is 0 Å². The average Bonchev–Trinajstić information content (AvgIpc) is 3.35.